The number of fused-ring (bicyclic) bond motifs is 1. The molecule has 2 aliphatic rings. The molecule has 6 heteroatoms. The van der Waals surface area contributed by atoms with E-state index in [0.717, 1.165) is 22.2 Å². The Hall–Kier alpha value is -1.27. The van der Waals surface area contributed by atoms with Crippen LogP contribution < -0.4 is 4.90 Å². The van der Waals surface area contributed by atoms with Crippen LogP contribution in [0.5, 0.6) is 0 Å². The first-order valence-corrected chi connectivity index (χ1v) is 9.67. The Bertz CT molecular complexity index is 683. The van der Waals surface area contributed by atoms with Crippen LogP contribution in [0, 0.1) is 0 Å². The van der Waals surface area contributed by atoms with Crippen molar-refractivity contribution in [2.45, 2.75) is 19.0 Å². The number of anilines is 1. The van der Waals surface area contributed by atoms with Gasteiger partial charge in [0.15, 0.2) is 15.0 Å². The van der Waals surface area contributed by atoms with Crippen molar-refractivity contribution < 1.29 is 8.42 Å². The van der Waals surface area contributed by atoms with E-state index in [0.29, 0.717) is 0 Å². The minimum absolute atomic E-state index is 0.0648. The number of sulfone groups is 1. The van der Waals surface area contributed by atoms with E-state index in [1.807, 2.05) is 37.3 Å². The van der Waals surface area contributed by atoms with Gasteiger partial charge in [-0.1, -0.05) is 42.1 Å². The fourth-order valence-electron chi connectivity index (χ4n) is 2.71. The van der Waals surface area contributed by atoms with Crippen molar-refractivity contribution in [3.63, 3.8) is 0 Å². The molecule has 2 aliphatic heterocycles. The number of hydrogen-bond acceptors (Lipinski definition) is 5. The van der Waals surface area contributed by atoms with Crippen molar-refractivity contribution >= 4 is 32.5 Å². The van der Waals surface area contributed by atoms with Crippen LogP contribution in [-0.2, 0) is 9.84 Å². The van der Waals surface area contributed by atoms with Gasteiger partial charge in [-0.15, -0.1) is 0 Å². The van der Waals surface area contributed by atoms with Crippen molar-refractivity contribution in [2.75, 3.05) is 22.2 Å². The fourth-order valence-corrected chi connectivity index (χ4v) is 5.52. The highest BCUT2D eigenvalue weighted by Gasteiger charge is 2.46. The summed E-state index contributed by atoms with van der Waals surface area (Å²) < 4.78 is 23.8. The summed E-state index contributed by atoms with van der Waals surface area (Å²) in [5, 5.41) is 0.911. The molecular weight excluding hydrogens is 304 g/mol. The summed E-state index contributed by atoms with van der Waals surface area (Å²) in [6, 6.07) is 9.70. The minimum atomic E-state index is -2.98. The molecule has 0 bridgehead atoms. The second-order valence-electron chi connectivity index (χ2n) is 5.57. The predicted octanol–water partition coefficient (Wildman–Crippen LogP) is 2.34. The van der Waals surface area contributed by atoms with E-state index < -0.39 is 9.84 Å². The van der Waals surface area contributed by atoms with Crippen LogP contribution in [0.4, 0.5) is 5.69 Å². The normalized spacial score (nSPS) is 26.5. The third-order valence-corrected chi connectivity index (χ3v) is 6.49. The van der Waals surface area contributed by atoms with E-state index in [1.54, 1.807) is 11.8 Å². The molecule has 0 aromatic heterocycles. The van der Waals surface area contributed by atoms with Crippen molar-refractivity contribution in [3.05, 3.63) is 42.5 Å². The van der Waals surface area contributed by atoms with Crippen LogP contribution in [0.2, 0.25) is 0 Å². The van der Waals surface area contributed by atoms with Crippen molar-refractivity contribution in [1.29, 1.82) is 0 Å². The van der Waals surface area contributed by atoms with Gasteiger partial charge in [-0.05, 0) is 19.1 Å². The standard InChI is InChI=1S/C15H18N2O2S2/c1-11(2)8-20-15-16-13-9-21(18,19)10-14(13)17(15)12-6-4-3-5-7-12/h3-7,13-14H,1,8-10H2,2H3/t13-,14+/m0/s1. The molecule has 0 aliphatic carbocycles. The zero-order valence-corrected chi connectivity index (χ0v) is 13.5. The Balaban J connectivity index is 1.92. The second kappa shape index (κ2) is 5.50. The summed E-state index contributed by atoms with van der Waals surface area (Å²) >= 11 is 1.63. The molecule has 2 heterocycles. The van der Waals surface area contributed by atoms with E-state index >= 15 is 0 Å². The molecule has 4 nitrogen and oxygen atoms in total. The Labute approximate surface area is 129 Å². The van der Waals surface area contributed by atoms with Gasteiger partial charge in [0, 0.05) is 11.4 Å². The number of nitrogens with zero attached hydrogens (tertiary/aromatic N) is 2. The van der Waals surface area contributed by atoms with Gasteiger partial charge in [0.25, 0.3) is 0 Å². The van der Waals surface area contributed by atoms with E-state index in [9.17, 15) is 8.42 Å². The molecule has 112 valence electrons. The molecule has 2 atom stereocenters. The predicted molar refractivity (Wildman–Crippen MR) is 89.9 cm³/mol. The Morgan fingerprint density at radius 2 is 2.10 bits per heavy atom. The highest BCUT2D eigenvalue weighted by molar-refractivity contribution is 8.14. The third kappa shape index (κ3) is 3.01. The van der Waals surface area contributed by atoms with Gasteiger partial charge < -0.3 is 4.90 Å². The largest absolute Gasteiger partial charge is 0.315 e. The molecule has 0 amide bonds. The summed E-state index contributed by atoms with van der Waals surface area (Å²) in [6.07, 6.45) is 0. The van der Waals surface area contributed by atoms with Gasteiger partial charge in [-0.2, -0.15) is 0 Å². The van der Waals surface area contributed by atoms with Crippen LogP contribution in [0.1, 0.15) is 6.92 Å². The van der Waals surface area contributed by atoms with E-state index in [4.69, 9.17) is 0 Å². The monoisotopic (exact) mass is 322 g/mol. The SMILES string of the molecule is C=C(C)CSC1=N[C@H]2CS(=O)(=O)C[C@H]2N1c1ccccc1. The summed E-state index contributed by atoms with van der Waals surface area (Å²) in [5.74, 6) is 1.15. The number of para-hydroxylation sites is 1. The molecule has 0 radical (unpaired) electrons. The van der Waals surface area contributed by atoms with E-state index in [-0.39, 0.29) is 23.6 Å². The molecule has 0 N–H and O–H groups in total. The van der Waals surface area contributed by atoms with Crippen LogP contribution in [0.25, 0.3) is 0 Å². The molecule has 3 rings (SSSR count). The summed E-state index contributed by atoms with van der Waals surface area (Å²) in [5.41, 5.74) is 2.09. The molecule has 1 aromatic rings. The summed E-state index contributed by atoms with van der Waals surface area (Å²) in [6.45, 7) is 5.91. The van der Waals surface area contributed by atoms with Gasteiger partial charge in [0.2, 0.25) is 0 Å². The van der Waals surface area contributed by atoms with Crippen molar-refractivity contribution in [1.82, 2.24) is 0 Å². The summed E-state index contributed by atoms with van der Waals surface area (Å²) in [4.78, 5) is 6.75. The maximum Gasteiger partial charge on any atom is 0.164 e. The highest BCUT2D eigenvalue weighted by atomic mass is 32.2. The number of aliphatic imine (C=N–C) groups is 1. The average molecular weight is 322 g/mol. The minimum Gasteiger partial charge on any atom is -0.315 e. The number of amidine groups is 1. The molecule has 21 heavy (non-hydrogen) atoms. The Morgan fingerprint density at radius 1 is 1.38 bits per heavy atom. The van der Waals surface area contributed by atoms with Crippen LogP contribution >= 0.6 is 11.8 Å². The van der Waals surface area contributed by atoms with Gasteiger partial charge in [-0.3, -0.25) is 4.99 Å². The van der Waals surface area contributed by atoms with Crippen molar-refractivity contribution in [3.8, 4) is 0 Å². The lowest BCUT2D eigenvalue weighted by molar-refractivity contribution is 0.601. The lowest BCUT2D eigenvalue weighted by Gasteiger charge is -2.26. The first kappa shape index (κ1) is 14.7. The fraction of sp³-hybridized carbons (Fsp3) is 0.400. The molecule has 0 unspecified atom stereocenters. The lowest BCUT2D eigenvalue weighted by atomic mass is 10.1. The summed E-state index contributed by atoms with van der Waals surface area (Å²) in [7, 11) is -2.98. The van der Waals surface area contributed by atoms with Gasteiger partial charge in [-0.25, -0.2) is 8.42 Å². The molecule has 0 spiro atoms. The maximum absolute atomic E-state index is 11.9. The second-order valence-corrected chi connectivity index (χ2v) is 8.67. The van der Waals surface area contributed by atoms with Crippen LogP contribution in [-0.4, -0.2) is 42.9 Å². The third-order valence-electron chi connectivity index (χ3n) is 3.59. The van der Waals surface area contributed by atoms with Gasteiger partial charge >= 0.3 is 0 Å². The maximum atomic E-state index is 11.9. The Morgan fingerprint density at radius 3 is 2.76 bits per heavy atom. The van der Waals surface area contributed by atoms with Crippen molar-refractivity contribution in [2.24, 2.45) is 4.99 Å². The van der Waals surface area contributed by atoms with Crippen LogP contribution in [0.15, 0.2) is 47.5 Å². The first-order valence-electron chi connectivity index (χ1n) is 6.86. The van der Waals surface area contributed by atoms with E-state index in [1.165, 1.54) is 0 Å². The lowest BCUT2D eigenvalue weighted by Crippen LogP contribution is -2.39. The molecule has 1 saturated heterocycles. The number of rotatable bonds is 3. The first-order chi connectivity index (χ1) is 9.96. The van der Waals surface area contributed by atoms with Gasteiger partial charge in [0.05, 0.1) is 23.6 Å². The highest BCUT2D eigenvalue weighted by Crippen LogP contribution is 2.35. The van der Waals surface area contributed by atoms with Crippen LogP contribution in [0.3, 0.4) is 0 Å². The number of hydrogen-bond donors (Lipinski definition) is 0. The topological polar surface area (TPSA) is 49.7 Å². The molecular formula is C15H18N2O2S2. The zero-order chi connectivity index (χ0) is 15.0. The smallest absolute Gasteiger partial charge is 0.164 e. The molecule has 1 fully saturated rings. The number of benzene rings is 1. The zero-order valence-electron chi connectivity index (χ0n) is 11.9. The molecule has 0 saturated carbocycles. The number of thioether (sulfide) groups is 1. The molecule has 1 aromatic carbocycles. The van der Waals surface area contributed by atoms with E-state index in [2.05, 4.69) is 16.5 Å². The quantitative estimate of drug-likeness (QED) is 0.802. The van der Waals surface area contributed by atoms with Gasteiger partial charge in [0.1, 0.15) is 0 Å². The average Bonchev–Trinajstić information content (AvgIpc) is 2.88. The Kier molecular flexibility index (Phi) is 3.84.